The van der Waals surface area contributed by atoms with E-state index in [-0.39, 0.29) is 29.8 Å². The maximum atomic E-state index is 13.6. The highest BCUT2D eigenvalue weighted by molar-refractivity contribution is 7.89. The number of likely N-dealkylation sites (N-methyl/N-ethyl adjacent to an activating group) is 1. The van der Waals surface area contributed by atoms with Crippen molar-refractivity contribution in [3.8, 4) is 11.5 Å². The van der Waals surface area contributed by atoms with Gasteiger partial charge in [0.25, 0.3) is 5.91 Å². The summed E-state index contributed by atoms with van der Waals surface area (Å²) < 4.78 is 38.6. The molecular formula is C23H27N3O6S. The van der Waals surface area contributed by atoms with Gasteiger partial charge in [0.15, 0.2) is 6.10 Å². The number of ether oxygens (including phenoxy) is 2. The Morgan fingerprint density at radius 3 is 2.52 bits per heavy atom. The van der Waals surface area contributed by atoms with Gasteiger partial charge in [0.1, 0.15) is 11.5 Å². The van der Waals surface area contributed by atoms with Crippen LogP contribution in [0.3, 0.4) is 0 Å². The minimum Gasteiger partial charge on any atom is -0.497 e. The Labute approximate surface area is 193 Å². The first-order valence-corrected chi connectivity index (χ1v) is 12.2. The number of fused-ring (bicyclic) bond motifs is 1. The van der Waals surface area contributed by atoms with Crippen molar-refractivity contribution in [2.75, 3.05) is 38.7 Å². The van der Waals surface area contributed by atoms with Gasteiger partial charge < -0.3 is 19.7 Å². The summed E-state index contributed by atoms with van der Waals surface area (Å²) in [6.45, 7) is 0.493. The fourth-order valence-electron chi connectivity index (χ4n) is 4.22. The Morgan fingerprint density at radius 2 is 1.82 bits per heavy atom. The van der Waals surface area contributed by atoms with E-state index in [1.54, 1.807) is 41.3 Å². The number of hydrogen-bond donors (Lipinski definition) is 1. The molecule has 1 fully saturated rings. The van der Waals surface area contributed by atoms with Crippen LogP contribution in [0.15, 0.2) is 53.4 Å². The lowest BCUT2D eigenvalue weighted by Gasteiger charge is -2.38. The number of carbonyl (C=O) groups excluding carboxylic acids is 2. The van der Waals surface area contributed by atoms with Crippen LogP contribution >= 0.6 is 0 Å². The van der Waals surface area contributed by atoms with E-state index in [0.29, 0.717) is 36.6 Å². The molecule has 2 aromatic carbocycles. The number of hydrogen-bond acceptors (Lipinski definition) is 6. The maximum absolute atomic E-state index is 13.6. The lowest BCUT2D eigenvalue weighted by molar-refractivity contribution is -0.128. The van der Waals surface area contributed by atoms with Crippen molar-refractivity contribution in [2.45, 2.75) is 23.8 Å². The molecule has 2 aliphatic rings. The predicted octanol–water partition coefficient (Wildman–Crippen LogP) is 1.64. The minimum atomic E-state index is -3.75. The second-order valence-corrected chi connectivity index (χ2v) is 9.95. The van der Waals surface area contributed by atoms with Gasteiger partial charge in [-0.3, -0.25) is 9.59 Å². The number of amides is 2. The van der Waals surface area contributed by atoms with Gasteiger partial charge in [-0.15, -0.1) is 0 Å². The lowest BCUT2D eigenvalue weighted by atomic mass is 9.97. The third kappa shape index (κ3) is 4.53. The zero-order valence-electron chi connectivity index (χ0n) is 18.6. The van der Waals surface area contributed by atoms with Crippen LogP contribution in [0.5, 0.6) is 11.5 Å². The third-order valence-corrected chi connectivity index (χ3v) is 7.89. The summed E-state index contributed by atoms with van der Waals surface area (Å²) in [6.07, 6.45) is 0.297. The Balaban J connectivity index is 1.56. The SMILES string of the molecule is CNC(=O)C1CN(C(=O)C2CCCN(S(=O)(=O)c3ccc(OC)cc3)C2)c2ccccc2O1. The molecule has 1 N–H and O–H groups in total. The molecule has 0 aliphatic carbocycles. The fourth-order valence-corrected chi connectivity index (χ4v) is 5.74. The van der Waals surface area contributed by atoms with E-state index in [9.17, 15) is 18.0 Å². The van der Waals surface area contributed by atoms with Crippen molar-refractivity contribution in [1.29, 1.82) is 0 Å². The van der Waals surface area contributed by atoms with Crippen molar-refractivity contribution in [2.24, 2.45) is 5.92 Å². The number of carbonyl (C=O) groups is 2. The fraction of sp³-hybridized carbons (Fsp3) is 0.391. The first-order valence-electron chi connectivity index (χ1n) is 10.8. The molecular weight excluding hydrogens is 446 g/mol. The van der Waals surface area contributed by atoms with E-state index in [1.165, 1.54) is 30.6 Å². The van der Waals surface area contributed by atoms with Crippen LogP contribution in [0.2, 0.25) is 0 Å². The lowest BCUT2D eigenvalue weighted by Crippen LogP contribution is -2.53. The van der Waals surface area contributed by atoms with Crippen LogP contribution in [-0.4, -0.2) is 64.4 Å². The molecule has 9 nitrogen and oxygen atoms in total. The quantitative estimate of drug-likeness (QED) is 0.708. The molecule has 10 heteroatoms. The number of rotatable bonds is 5. The number of para-hydroxylation sites is 2. The molecule has 2 unspecified atom stereocenters. The largest absolute Gasteiger partial charge is 0.497 e. The molecule has 176 valence electrons. The summed E-state index contributed by atoms with van der Waals surface area (Å²) in [5, 5.41) is 2.56. The van der Waals surface area contributed by atoms with E-state index < -0.39 is 22.0 Å². The van der Waals surface area contributed by atoms with Gasteiger partial charge in [0.05, 0.1) is 30.2 Å². The molecule has 0 bridgehead atoms. The molecule has 2 amide bonds. The number of nitrogens with one attached hydrogen (secondary N) is 1. The Hall–Kier alpha value is -3.11. The molecule has 2 aliphatic heterocycles. The topological polar surface area (TPSA) is 105 Å². The molecule has 2 heterocycles. The zero-order valence-corrected chi connectivity index (χ0v) is 19.4. The predicted molar refractivity (Wildman–Crippen MR) is 122 cm³/mol. The smallest absolute Gasteiger partial charge is 0.262 e. The molecule has 0 radical (unpaired) electrons. The molecule has 2 aromatic rings. The molecule has 2 atom stereocenters. The Morgan fingerprint density at radius 1 is 1.09 bits per heavy atom. The van der Waals surface area contributed by atoms with E-state index in [2.05, 4.69) is 5.32 Å². The highest BCUT2D eigenvalue weighted by atomic mass is 32.2. The number of piperidine rings is 1. The summed E-state index contributed by atoms with van der Waals surface area (Å²) in [7, 11) is -0.723. The van der Waals surface area contributed by atoms with E-state index in [1.807, 2.05) is 0 Å². The second-order valence-electron chi connectivity index (χ2n) is 8.02. The zero-order chi connectivity index (χ0) is 23.6. The van der Waals surface area contributed by atoms with Gasteiger partial charge in [0, 0.05) is 20.1 Å². The molecule has 0 aromatic heterocycles. The van der Waals surface area contributed by atoms with Crippen LogP contribution in [0.4, 0.5) is 5.69 Å². The van der Waals surface area contributed by atoms with Gasteiger partial charge in [-0.1, -0.05) is 12.1 Å². The number of nitrogens with zero attached hydrogens (tertiary/aromatic N) is 2. The first-order chi connectivity index (χ1) is 15.8. The van der Waals surface area contributed by atoms with Crippen molar-refractivity contribution in [1.82, 2.24) is 9.62 Å². The first kappa shape index (κ1) is 23.1. The van der Waals surface area contributed by atoms with Gasteiger partial charge in [-0.25, -0.2) is 8.42 Å². The third-order valence-electron chi connectivity index (χ3n) is 6.01. The summed E-state index contributed by atoms with van der Waals surface area (Å²) >= 11 is 0. The van der Waals surface area contributed by atoms with Gasteiger partial charge in [-0.2, -0.15) is 4.31 Å². The molecule has 4 rings (SSSR count). The van der Waals surface area contributed by atoms with E-state index >= 15 is 0 Å². The second kappa shape index (κ2) is 9.40. The number of anilines is 1. The molecule has 33 heavy (non-hydrogen) atoms. The Bertz CT molecular complexity index is 1140. The normalized spacial score (nSPS) is 21.0. The van der Waals surface area contributed by atoms with Crippen molar-refractivity contribution < 1.29 is 27.5 Å². The van der Waals surface area contributed by atoms with Crippen LogP contribution < -0.4 is 19.7 Å². The van der Waals surface area contributed by atoms with Crippen LogP contribution in [0.25, 0.3) is 0 Å². The molecule has 1 saturated heterocycles. The average Bonchev–Trinajstić information content (AvgIpc) is 2.87. The summed E-state index contributed by atoms with van der Waals surface area (Å²) in [5.41, 5.74) is 0.581. The van der Waals surface area contributed by atoms with Crippen molar-refractivity contribution in [3.63, 3.8) is 0 Å². The van der Waals surface area contributed by atoms with E-state index in [0.717, 1.165) is 0 Å². The Kier molecular flexibility index (Phi) is 6.57. The standard InChI is InChI=1S/C23H27N3O6S/c1-24-22(27)21-15-26(19-7-3-4-8-20(19)32-21)23(28)16-6-5-13-25(14-16)33(29,30)18-11-9-17(31-2)10-12-18/h3-4,7-12,16,21H,5-6,13-15H2,1-2H3,(H,24,27). The van der Waals surface area contributed by atoms with E-state index in [4.69, 9.17) is 9.47 Å². The van der Waals surface area contributed by atoms with Crippen LogP contribution in [0.1, 0.15) is 12.8 Å². The van der Waals surface area contributed by atoms with Gasteiger partial charge in [0.2, 0.25) is 15.9 Å². The highest BCUT2D eigenvalue weighted by Gasteiger charge is 2.39. The van der Waals surface area contributed by atoms with Gasteiger partial charge in [-0.05, 0) is 49.2 Å². The number of benzene rings is 2. The van der Waals surface area contributed by atoms with Crippen LogP contribution in [-0.2, 0) is 19.6 Å². The summed E-state index contributed by atoms with van der Waals surface area (Å²) in [6, 6.07) is 13.3. The van der Waals surface area contributed by atoms with Crippen molar-refractivity contribution >= 4 is 27.5 Å². The highest BCUT2D eigenvalue weighted by Crippen LogP contribution is 2.35. The van der Waals surface area contributed by atoms with Crippen LogP contribution in [0, 0.1) is 5.92 Å². The molecule has 0 saturated carbocycles. The van der Waals surface area contributed by atoms with Gasteiger partial charge >= 0.3 is 0 Å². The number of sulfonamides is 1. The van der Waals surface area contributed by atoms with Crippen molar-refractivity contribution in [3.05, 3.63) is 48.5 Å². The summed E-state index contributed by atoms with van der Waals surface area (Å²) in [4.78, 5) is 27.5. The summed E-state index contributed by atoms with van der Waals surface area (Å²) in [5.74, 6) is -0.0475. The average molecular weight is 474 g/mol. The number of methoxy groups -OCH3 is 1. The monoisotopic (exact) mass is 473 g/mol. The maximum Gasteiger partial charge on any atom is 0.262 e. The minimum absolute atomic E-state index is 0.0667. The molecule has 0 spiro atoms.